The Hall–Kier alpha value is -3.91. The lowest BCUT2D eigenvalue weighted by Gasteiger charge is -2.29. The van der Waals surface area contributed by atoms with E-state index in [2.05, 4.69) is 20.3 Å². The van der Waals surface area contributed by atoms with E-state index in [0.717, 1.165) is 30.2 Å². The van der Waals surface area contributed by atoms with Crippen LogP contribution in [0.5, 0.6) is 0 Å². The summed E-state index contributed by atoms with van der Waals surface area (Å²) >= 11 is 0. The Bertz CT molecular complexity index is 1180. The van der Waals surface area contributed by atoms with Gasteiger partial charge in [-0.1, -0.05) is 24.3 Å². The lowest BCUT2D eigenvalue weighted by molar-refractivity contribution is 0.0943. The number of hydrogen-bond donors (Lipinski definition) is 1. The standard InChI is InChI=1S/C24H23N5O3/c30-24(26-17-18-6-4-10-25-23(18)28-11-14-31-15-12-28)21-16-20(22-9-5-13-32-22)27-29(21)19-7-2-1-3-8-19/h1-10,13,16H,11-12,14-15,17H2,(H,26,30). The van der Waals surface area contributed by atoms with Crippen LogP contribution in [-0.4, -0.2) is 47.0 Å². The number of aromatic nitrogens is 3. The summed E-state index contributed by atoms with van der Waals surface area (Å²) in [6.45, 7) is 3.27. The molecule has 1 aliphatic rings. The van der Waals surface area contributed by atoms with Gasteiger partial charge in [0.05, 0.1) is 25.2 Å². The molecule has 162 valence electrons. The van der Waals surface area contributed by atoms with Crippen LogP contribution in [0.4, 0.5) is 5.82 Å². The molecule has 0 bridgehead atoms. The van der Waals surface area contributed by atoms with E-state index in [0.29, 0.717) is 36.9 Å². The van der Waals surface area contributed by atoms with E-state index in [4.69, 9.17) is 9.15 Å². The summed E-state index contributed by atoms with van der Waals surface area (Å²) in [5.74, 6) is 1.26. The molecule has 0 unspecified atom stereocenters. The van der Waals surface area contributed by atoms with E-state index in [-0.39, 0.29) is 5.91 Å². The SMILES string of the molecule is O=C(NCc1cccnc1N1CCOCC1)c1cc(-c2ccco2)nn1-c1ccccc1. The van der Waals surface area contributed by atoms with Gasteiger partial charge in [0.2, 0.25) is 0 Å². The normalized spacial score (nSPS) is 13.8. The lowest BCUT2D eigenvalue weighted by Crippen LogP contribution is -2.38. The van der Waals surface area contributed by atoms with Gasteiger partial charge in [0, 0.05) is 37.5 Å². The predicted molar refractivity (Wildman–Crippen MR) is 120 cm³/mol. The molecule has 0 aliphatic carbocycles. The Morgan fingerprint density at radius 1 is 1.03 bits per heavy atom. The molecule has 8 nitrogen and oxygen atoms in total. The molecule has 1 fully saturated rings. The first-order chi connectivity index (χ1) is 15.8. The summed E-state index contributed by atoms with van der Waals surface area (Å²) in [5.41, 5.74) is 2.78. The van der Waals surface area contributed by atoms with Crippen LogP contribution >= 0.6 is 0 Å². The lowest BCUT2D eigenvalue weighted by atomic mass is 10.2. The number of morpholine rings is 1. The van der Waals surface area contributed by atoms with Crippen molar-refractivity contribution in [3.8, 4) is 17.1 Å². The summed E-state index contributed by atoms with van der Waals surface area (Å²) in [5, 5.41) is 7.65. The van der Waals surface area contributed by atoms with E-state index in [1.807, 2.05) is 48.5 Å². The molecule has 5 rings (SSSR count). The van der Waals surface area contributed by atoms with Crippen LogP contribution in [0.25, 0.3) is 17.1 Å². The van der Waals surface area contributed by atoms with Gasteiger partial charge in [-0.3, -0.25) is 4.79 Å². The van der Waals surface area contributed by atoms with Crippen LogP contribution in [-0.2, 0) is 11.3 Å². The van der Waals surface area contributed by atoms with Crippen molar-refractivity contribution < 1.29 is 13.9 Å². The highest BCUT2D eigenvalue weighted by Crippen LogP contribution is 2.23. The first-order valence-electron chi connectivity index (χ1n) is 10.5. The molecule has 0 radical (unpaired) electrons. The highest BCUT2D eigenvalue weighted by atomic mass is 16.5. The van der Waals surface area contributed by atoms with E-state index >= 15 is 0 Å². The molecule has 1 aromatic carbocycles. The number of anilines is 1. The zero-order valence-electron chi connectivity index (χ0n) is 17.5. The highest BCUT2D eigenvalue weighted by molar-refractivity contribution is 5.94. The molecule has 4 heterocycles. The molecule has 1 saturated heterocycles. The number of nitrogens with zero attached hydrogens (tertiary/aromatic N) is 4. The van der Waals surface area contributed by atoms with Crippen molar-refractivity contribution in [3.05, 3.63) is 84.4 Å². The minimum absolute atomic E-state index is 0.226. The van der Waals surface area contributed by atoms with Crippen molar-refractivity contribution in [3.63, 3.8) is 0 Å². The fourth-order valence-electron chi connectivity index (χ4n) is 3.75. The summed E-state index contributed by atoms with van der Waals surface area (Å²) in [6.07, 6.45) is 3.36. The molecular formula is C24H23N5O3. The van der Waals surface area contributed by atoms with Crippen LogP contribution < -0.4 is 10.2 Å². The Morgan fingerprint density at radius 2 is 1.88 bits per heavy atom. The third kappa shape index (κ3) is 4.13. The Balaban J connectivity index is 1.40. The minimum Gasteiger partial charge on any atom is -0.463 e. The number of ether oxygens (including phenoxy) is 1. The van der Waals surface area contributed by atoms with Crippen molar-refractivity contribution in [2.24, 2.45) is 0 Å². The van der Waals surface area contributed by atoms with Gasteiger partial charge >= 0.3 is 0 Å². The molecule has 4 aromatic rings. The van der Waals surface area contributed by atoms with E-state index in [1.165, 1.54) is 0 Å². The monoisotopic (exact) mass is 429 g/mol. The van der Waals surface area contributed by atoms with Crippen LogP contribution in [0, 0.1) is 0 Å². The molecule has 1 amide bonds. The predicted octanol–water partition coefficient (Wildman–Crippen LogP) is 3.29. The fourth-order valence-corrected chi connectivity index (χ4v) is 3.75. The molecule has 0 saturated carbocycles. The fraction of sp³-hybridized carbons (Fsp3) is 0.208. The largest absolute Gasteiger partial charge is 0.463 e. The van der Waals surface area contributed by atoms with E-state index in [1.54, 1.807) is 29.3 Å². The number of amides is 1. The zero-order valence-corrected chi connectivity index (χ0v) is 17.5. The Kier molecular flexibility index (Phi) is 5.67. The van der Waals surface area contributed by atoms with Gasteiger partial charge in [0.1, 0.15) is 17.2 Å². The number of pyridine rings is 1. The van der Waals surface area contributed by atoms with Gasteiger partial charge in [-0.15, -0.1) is 0 Å². The molecule has 8 heteroatoms. The highest BCUT2D eigenvalue weighted by Gasteiger charge is 2.20. The Labute approximate surface area is 185 Å². The van der Waals surface area contributed by atoms with E-state index in [9.17, 15) is 4.79 Å². The zero-order chi connectivity index (χ0) is 21.8. The third-order valence-electron chi connectivity index (χ3n) is 5.33. The van der Waals surface area contributed by atoms with Crippen LogP contribution in [0.1, 0.15) is 16.1 Å². The number of carbonyl (C=O) groups is 1. The van der Waals surface area contributed by atoms with Gasteiger partial charge in [-0.2, -0.15) is 5.10 Å². The molecule has 0 spiro atoms. The smallest absolute Gasteiger partial charge is 0.270 e. The van der Waals surface area contributed by atoms with Gasteiger partial charge < -0.3 is 19.4 Å². The molecule has 1 N–H and O–H groups in total. The maximum Gasteiger partial charge on any atom is 0.270 e. The van der Waals surface area contributed by atoms with Crippen molar-refractivity contribution in [2.75, 3.05) is 31.2 Å². The molecule has 0 atom stereocenters. The molecular weight excluding hydrogens is 406 g/mol. The number of rotatable bonds is 6. The van der Waals surface area contributed by atoms with Crippen molar-refractivity contribution >= 4 is 11.7 Å². The maximum atomic E-state index is 13.2. The number of para-hydroxylation sites is 1. The number of carbonyl (C=O) groups excluding carboxylic acids is 1. The minimum atomic E-state index is -0.226. The van der Waals surface area contributed by atoms with Gasteiger partial charge in [-0.05, 0) is 30.3 Å². The number of benzene rings is 1. The molecule has 3 aromatic heterocycles. The summed E-state index contributed by atoms with van der Waals surface area (Å²) in [6, 6.07) is 18.8. The first kappa shape index (κ1) is 20.0. The number of hydrogen-bond acceptors (Lipinski definition) is 6. The third-order valence-corrected chi connectivity index (χ3v) is 5.33. The van der Waals surface area contributed by atoms with Crippen molar-refractivity contribution in [1.29, 1.82) is 0 Å². The average Bonchev–Trinajstić information content (AvgIpc) is 3.54. The van der Waals surface area contributed by atoms with Crippen molar-refractivity contribution in [2.45, 2.75) is 6.54 Å². The van der Waals surface area contributed by atoms with Gasteiger partial charge in [0.25, 0.3) is 5.91 Å². The topological polar surface area (TPSA) is 85.4 Å². The second-order valence-corrected chi connectivity index (χ2v) is 7.41. The summed E-state index contributed by atoms with van der Waals surface area (Å²) in [4.78, 5) is 20.0. The van der Waals surface area contributed by atoms with Gasteiger partial charge in [0.15, 0.2) is 5.76 Å². The maximum absolute atomic E-state index is 13.2. The quantitative estimate of drug-likeness (QED) is 0.506. The molecule has 32 heavy (non-hydrogen) atoms. The van der Waals surface area contributed by atoms with Gasteiger partial charge in [-0.25, -0.2) is 9.67 Å². The summed E-state index contributed by atoms with van der Waals surface area (Å²) in [7, 11) is 0. The summed E-state index contributed by atoms with van der Waals surface area (Å²) < 4.78 is 12.6. The second kappa shape index (κ2) is 9.07. The first-order valence-corrected chi connectivity index (χ1v) is 10.5. The average molecular weight is 429 g/mol. The van der Waals surface area contributed by atoms with E-state index < -0.39 is 0 Å². The second-order valence-electron chi connectivity index (χ2n) is 7.41. The van der Waals surface area contributed by atoms with Crippen LogP contribution in [0.2, 0.25) is 0 Å². The number of nitrogens with one attached hydrogen (secondary N) is 1. The number of furan rings is 1. The Morgan fingerprint density at radius 3 is 2.66 bits per heavy atom. The van der Waals surface area contributed by atoms with Crippen LogP contribution in [0.3, 0.4) is 0 Å². The van der Waals surface area contributed by atoms with Crippen molar-refractivity contribution in [1.82, 2.24) is 20.1 Å². The van der Waals surface area contributed by atoms with Crippen LogP contribution in [0.15, 0.2) is 77.5 Å². The molecule has 1 aliphatic heterocycles.